The summed E-state index contributed by atoms with van der Waals surface area (Å²) in [6.07, 6.45) is 0. The number of nitrogens with two attached hydrogens (primary N) is 1. The molecule has 6 heteroatoms. The van der Waals surface area contributed by atoms with Gasteiger partial charge in [0.25, 0.3) is 0 Å². The van der Waals surface area contributed by atoms with E-state index >= 15 is 0 Å². The Kier molecular flexibility index (Phi) is 4.20. The Morgan fingerprint density at radius 1 is 0.947 bits per heavy atom. The van der Waals surface area contributed by atoms with Crippen LogP contribution < -0.4 is 10.5 Å². The van der Waals surface area contributed by atoms with E-state index in [9.17, 15) is 0 Å². The second-order valence-electron chi connectivity index (χ2n) is 3.76. The molecule has 0 saturated carbocycles. The normalized spacial score (nSPS) is 10.3. The Bertz CT molecular complexity index is 624. The molecule has 0 fully saturated rings. The average molecular weight is 316 g/mol. The number of rotatable bonds is 3. The maximum absolute atomic E-state index is 7.34. The van der Waals surface area contributed by atoms with Gasteiger partial charge in [-0.2, -0.15) is 0 Å². The topological polar surface area (TPSA) is 59.1 Å². The molecule has 2 rings (SSSR count). The highest BCUT2D eigenvalue weighted by Gasteiger charge is 2.07. The van der Waals surface area contributed by atoms with Crippen molar-refractivity contribution in [1.82, 2.24) is 0 Å². The predicted octanol–water partition coefficient (Wildman–Crippen LogP) is 4.72. The fourth-order valence-electron chi connectivity index (χ4n) is 1.50. The number of amidine groups is 1. The molecule has 0 bridgehead atoms. The van der Waals surface area contributed by atoms with Crippen LogP contribution in [0.5, 0.6) is 11.5 Å². The third kappa shape index (κ3) is 3.53. The molecule has 3 N–H and O–H groups in total. The Balaban J connectivity index is 2.28. The van der Waals surface area contributed by atoms with Gasteiger partial charge < -0.3 is 10.5 Å². The smallest absolute Gasteiger partial charge is 0.130 e. The highest BCUT2D eigenvalue weighted by molar-refractivity contribution is 6.35. The molecule has 19 heavy (non-hydrogen) atoms. The van der Waals surface area contributed by atoms with Crippen LogP contribution in [0.15, 0.2) is 36.4 Å². The summed E-state index contributed by atoms with van der Waals surface area (Å²) in [6, 6.07) is 9.75. The first-order valence-electron chi connectivity index (χ1n) is 5.23. The molecule has 0 radical (unpaired) electrons. The molecule has 0 aliphatic heterocycles. The van der Waals surface area contributed by atoms with Crippen molar-refractivity contribution in [2.75, 3.05) is 0 Å². The van der Waals surface area contributed by atoms with E-state index in [1.165, 1.54) is 0 Å². The fraction of sp³-hybridized carbons (Fsp3) is 0. The molecule has 2 aromatic carbocycles. The van der Waals surface area contributed by atoms with Gasteiger partial charge in [-0.15, -0.1) is 0 Å². The van der Waals surface area contributed by atoms with Gasteiger partial charge in [0, 0.05) is 21.7 Å². The van der Waals surface area contributed by atoms with Crippen LogP contribution >= 0.6 is 34.8 Å². The van der Waals surface area contributed by atoms with Crippen LogP contribution in [0.2, 0.25) is 15.1 Å². The third-order valence-corrected chi connectivity index (χ3v) is 3.05. The number of hydrogen-bond donors (Lipinski definition) is 2. The molecular weight excluding hydrogens is 307 g/mol. The second kappa shape index (κ2) is 5.70. The highest BCUT2D eigenvalue weighted by Crippen LogP contribution is 2.30. The van der Waals surface area contributed by atoms with Crippen molar-refractivity contribution in [2.45, 2.75) is 0 Å². The van der Waals surface area contributed by atoms with Gasteiger partial charge in [0.05, 0.1) is 5.02 Å². The van der Waals surface area contributed by atoms with E-state index < -0.39 is 0 Å². The monoisotopic (exact) mass is 314 g/mol. The van der Waals surface area contributed by atoms with Crippen LogP contribution in [0.1, 0.15) is 5.56 Å². The van der Waals surface area contributed by atoms with Crippen molar-refractivity contribution >= 4 is 40.6 Å². The molecule has 0 saturated heterocycles. The largest absolute Gasteiger partial charge is 0.457 e. The lowest BCUT2D eigenvalue weighted by molar-refractivity contribution is 0.483. The van der Waals surface area contributed by atoms with E-state index in [-0.39, 0.29) is 5.84 Å². The van der Waals surface area contributed by atoms with Gasteiger partial charge >= 0.3 is 0 Å². The van der Waals surface area contributed by atoms with Crippen LogP contribution in [-0.2, 0) is 0 Å². The first-order chi connectivity index (χ1) is 8.95. The third-order valence-electron chi connectivity index (χ3n) is 2.30. The van der Waals surface area contributed by atoms with Crippen molar-refractivity contribution in [1.29, 1.82) is 5.41 Å². The average Bonchev–Trinajstić information content (AvgIpc) is 2.26. The minimum absolute atomic E-state index is 0.0950. The van der Waals surface area contributed by atoms with E-state index in [4.69, 9.17) is 50.7 Å². The Morgan fingerprint density at radius 2 is 1.58 bits per heavy atom. The molecule has 0 aromatic heterocycles. The summed E-state index contributed by atoms with van der Waals surface area (Å²) in [4.78, 5) is 0. The molecule has 0 amide bonds. The van der Waals surface area contributed by atoms with Crippen LogP contribution in [0.25, 0.3) is 0 Å². The zero-order chi connectivity index (χ0) is 14.0. The number of nitrogens with one attached hydrogen (secondary N) is 1. The van der Waals surface area contributed by atoms with E-state index in [0.717, 1.165) is 0 Å². The molecule has 0 heterocycles. The van der Waals surface area contributed by atoms with Gasteiger partial charge in [0.2, 0.25) is 0 Å². The van der Waals surface area contributed by atoms with Crippen molar-refractivity contribution in [2.24, 2.45) is 5.73 Å². The highest BCUT2D eigenvalue weighted by atomic mass is 35.5. The molecule has 3 nitrogen and oxygen atoms in total. The van der Waals surface area contributed by atoms with E-state index in [1.807, 2.05) is 0 Å². The quantitative estimate of drug-likeness (QED) is 0.636. The predicted molar refractivity (Wildman–Crippen MR) is 79.0 cm³/mol. The minimum atomic E-state index is -0.0950. The molecule has 0 unspecified atom stereocenters. The summed E-state index contributed by atoms with van der Waals surface area (Å²) in [6.45, 7) is 0. The van der Waals surface area contributed by atoms with Gasteiger partial charge in [-0.1, -0.05) is 34.8 Å². The van der Waals surface area contributed by atoms with Crippen LogP contribution in [0.4, 0.5) is 0 Å². The van der Waals surface area contributed by atoms with Gasteiger partial charge in [-0.25, -0.2) is 0 Å². The van der Waals surface area contributed by atoms with E-state index in [0.29, 0.717) is 32.1 Å². The summed E-state index contributed by atoms with van der Waals surface area (Å²) in [5.74, 6) is 0.917. The number of ether oxygens (including phenoxy) is 1. The van der Waals surface area contributed by atoms with Crippen molar-refractivity contribution in [3.8, 4) is 11.5 Å². The molecular formula is C13H9Cl3N2O. The van der Waals surface area contributed by atoms with Crippen LogP contribution in [0.3, 0.4) is 0 Å². The lowest BCUT2D eigenvalue weighted by Gasteiger charge is -2.09. The van der Waals surface area contributed by atoms with Crippen molar-refractivity contribution < 1.29 is 4.74 Å². The van der Waals surface area contributed by atoms with Crippen LogP contribution in [0, 0.1) is 5.41 Å². The molecule has 98 valence electrons. The molecule has 2 aromatic rings. The SMILES string of the molecule is N=C(N)c1ccc(Oc2cc(Cl)cc(Cl)c2)cc1Cl. The van der Waals surface area contributed by atoms with Gasteiger partial charge in [-0.05, 0) is 30.3 Å². The lowest BCUT2D eigenvalue weighted by Crippen LogP contribution is -2.11. The standard InChI is InChI=1S/C13H9Cl3N2O/c14-7-3-8(15)5-10(4-7)19-9-1-2-11(13(17)18)12(16)6-9/h1-6H,(H3,17,18). The Labute approximate surface area is 125 Å². The van der Waals surface area contributed by atoms with E-state index in [2.05, 4.69) is 0 Å². The maximum atomic E-state index is 7.34. The number of halogens is 3. The molecule has 0 spiro atoms. The Morgan fingerprint density at radius 3 is 2.11 bits per heavy atom. The number of hydrogen-bond acceptors (Lipinski definition) is 2. The maximum Gasteiger partial charge on any atom is 0.130 e. The first-order valence-corrected chi connectivity index (χ1v) is 6.37. The fourth-order valence-corrected chi connectivity index (χ4v) is 2.28. The molecule has 0 atom stereocenters. The van der Waals surface area contributed by atoms with Gasteiger partial charge in [0.1, 0.15) is 17.3 Å². The zero-order valence-electron chi connectivity index (χ0n) is 9.58. The zero-order valence-corrected chi connectivity index (χ0v) is 11.9. The van der Waals surface area contributed by atoms with E-state index in [1.54, 1.807) is 36.4 Å². The summed E-state index contributed by atoms with van der Waals surface area (Å²) in [7, 11) is 0. The van der Waals surface area contributed by atoms with Crippen LogP contribution in [-0.4, -0.2) is 5.84 Å². The summed E-state index contributed by atoms with van der Waals surface area (Å²) < 4.78 is 5.59. The number of benzene rings is 2. The summed E-state index contributed by atoms with van der Waals surface area (Å²) in [5, 5.41) is 8.65. The summed E-state index contributed by atoms with van der Waals surface area (Å²) >= 11 is 17.8. The minimum Gasteiger partial charge on any atom is -0.457 e. The number of nitrogen functional groups attached to an aromatic ring is 1. The lowest BCUT2D eigenvalue weighted by atomic mass is 10.2. The molecule has 0 aliphatic carbocycles. The van der Waals surface area contributed by atoms with Crippen molar-refractivity contribution in [3.05, 3.63) is 57.0 Å². The first kappa shape index (κ1) is 14.0. The van der Waals surface area contributed by atoms with Crippen molar-refractivity contribution in [3.63, 3.8) is 0 Å². The molecule has 0 aliphatic rings. The Hall–Kier alpha value is -1.42. The van der Waals surface area contributed by atoms with Gasteiger partial charge in [-0.3, -0.25) is 5.41 Å². The second-order valence-corrected chi connectivity index (χ2v) is 5.04. The summed E-state index contributed by atoms with van der Waals surface area (Å²) in [5.41, 5.74) is 5.84. The van der Waals surface area contributed by atoms with Gasteiger partial charge in [0.15, 0.2) is 0 Å².